The number of ether oxygens (including phenoxy) is 2. The number of carbonyl (C=O) groups is 1. The van der Waals surface area contributed by atoms with Gasteiger partial charge in [0.05, 0.1) is 0 Å². The van der Waals surface area contributed by atoms with Crippen molar-refractivity contribution in [2.75, 3.05) is 5.32 Å². The van der Waals surface area contributed by atoms with Gasteiger partial charge in [0.2, 0.25) is 0 Å². The summed E-state index contributed by atoms with van der Waals surface area (Å²) in [5.74, 6) is 0.904. The molecule has 1 aliphatic carbocycles. The summed E-state index contributed by atoms with van der Waals surface area (Å²) in [6.45, 7) is 3.93. The SMILES string of the molecule is Cc1ccc(C)c(C(=O)Nc2ccc3c(c2)OC2(CCCC2)O3)c1. The minimum atomic E-state index is -0.474. The fourth-order valence-corrected chi connectivity index (χ4v) is 3.47. The zero-order valence-corrected chi connectivity index (χ0v) is 14.0. The summed E-state index contributed by atoms with van der Waals surface area (Å²) in [4.78, 5) is 12.6. The van der Waals surface area contributed by atoms with Crippen molar-refractivity contribution in [1.82, 2.24) is 0 Å². The third-order valence-electron chi connectivity index (χ3n) is 4.80. The van der Waals surface area contributed by atoms with Crippen LogP contribution in [0, 0.1) is 13.8 Å². The normalized spacial score (nSPS) is 17.2. The molecule has 24 heavy (non-hydrogen) atoms. The summed E-state index contributed by atoms with van der Waals surface area (Å²) in [7, 11) is 0. The van der Waals surface area contributed by atoms with E-state index in [0.29, 0.717) is 5.56 Å². The van der Waals surface area contributed by atoms with Crippen LogP contribution >= 0.6 is 0 Å². The maximum atomic E-state index is 12.6. The average molecular weight is 323 g/mol. The van der Waals surface area contributed by atoms with E-state index in [-0.39, 0.29) is 5.91 Å². The molecule has 2 aromatic rings. The molecule has 0 saturated heterocycles. The van der Waals surface area contributed by atoms with E-state index in [1.54, 1.807) is 0 Å². The van der Waals surface area contributed by atoms with Gasteiger partial charge in [0.15, 0.2) is 11.5 Å². The van der Waals surface area contributed by atoms with Crippen LogP contribution in [-0.2, 0) is 0 Å². The molecule has 1 amide bonds. The molecule has 2 aromatic carbocycles. The van der Waals surface area contributed by atoms with E-state index in [4.69, 9.17) is 9.47 Å². The molecule has 1 fully saturated rings. The highest BCUT2D eigenvalue weighted by molar-refractivity contribution is 6.05. The lowest BCUT2D eigenvalue weighted by Crippen LogP contribution is -2.34. The number of fused-ring (bicyclic) bond motifs is 1. The molecule has 0 unspecified atom stereocenters. The summed E-state index contributed by atoms with van der Waals surface area (Å²) in [5, 5.41) is 2.96. The van der Waals surface area contributed by atoms with Gasteiger partial charge in [0, 0.05) is 30.2 Å². The first-order chi connectivity index (χ1) is 11.5. The highest BCUT2D eigenvalue weighted by atomic mass is 16.7. The third kappa shape index (κ3) is 2.62. The van der Waals surface area contributed by atoms with E-state index in [2.05, 4.69) is 5.32 Å². The van der Waals surface area contributed by atoms with Crippen molar-refractivity contribution < 1.29 is 14.3 Å². The lowest BCUT2D eigenvalue weighted by Gasteiger charge is -2.21. The van der Waals surface area contributed by atoms with Gasteiger partial charge in [-0.2, -0.15) is 0 Å². The molecular weight excluding hydrogens is 302 g/mol. The monoisotopic (exact) mass is 323 g/mol. The summed E-state index contributed by atoms with van der Waals surface area (Å²) >= 11 is 0. The summed E-state index contributed by atoms with van der Waals surface area (Å²) in [6, 6.07) is 11.5. The van der Waals surface area contributed by atoms with Crippen LogP contribution in [0.25, 0.3) is 0 Å². The molecule has 124 valence electrons. The Morgan fingerprint density at radius 2 is 1.75 bits per heavy atom. The van der Waals surface area contributed by atoms with Gasteiger partial charge in [-0.05, 0) is 50.5 Å². The van der Waals surface area contributed by atoms with E-state index in [1.165, 1.54) is 0 Å². The Labute approximate surface area is 141 Å². The van der Waals surface area contributed by atoms with Crippen molar-refractivity contribution in [3.05, 3.63) is 53.1 Å². The molecule has 1 N–H and O–H groups in total. The van der Waals surface area contributed by atoms with Crippen LogP contribution in [0.5, 0.6) is 11.5 Å². The minimum absolute atomic E-state index is 0.106. The Balaban J connectivity index is 1.54. The second-order valence-electron chi connectivity index (χ2n) is 6.76. The van der Waals surface area contributed by atoms with Gasteiger partial charge in [0.1, 0.15) is 0 Å². The highest BCUT2D eigenvalue weighted by Crippen LogP contribution is 2.47. The van der Waals surface area contributed by atoms with Crippen molar-refractivity contribution >= 4 is 11.6 Å². The molecule has 1 aliphatic heterocycles. The quantitative estimate of drug-likeness (QED) is 0.879. The van der Waals surface area contributed by atoms with Gasteiger partial charge in [-0.25, -0.2) is 0 Å². The van der Waals surface area contributed by atoms with Crippen LogP contribution < -0.4 is 14.8 Å². The summed E-state index contributed by atoms with van der Waals surface area (Å²) in [6.07, 6.45) is 4.10. The fourth-order valence-electron chi connectivity index (χ4n) is 3.47. The van der Waals surface area contributed by atoms with E-state index in [9.17, 15) is 4.79 Å². The molecule has 0 radical (unpaired) electrons. The number of anilines is 1. The van der Waals surface area contributed by atoms with Crippen molar-refractivity contribution in [2.24, 2.45) is 0 Å². The predicted octanol–water partition coefficient (Wildman–Crippen LogP) is 4.60. The van der Waals surface area contributed by atoms with Crippen molar-refractivity contribution in [3.8, 4) is 11.5 Å². The van der Waals surface area contributed by atoms with E-state index >= 15 is 0 Å². The molecule has 0 bridgehead atoms. The fraction of sp³-hybridized carbons (Fsp3) is 0.350. The number of hydrogen-bond donors (Lipinski definition) is 1. The van der Waals surface area contributed by atoms with Crippen LogP contribution in [0.1, 0.15) is 47.2 Å². The van der Waals surface area contributed by atoms with Crippen LogP contribution in [0.4, 0.5) is 5.69 Å². The molecule has 2 aliphatic rings. The van der Waals surface area contributed by atoms with Crippen molar-refractivity contribution in [1.29, 1.82) is 0 Å². The van der Waals surface area contributed by atoms with Crippen LogP contribution in [-0.4, -0.2) is 11.7 Å². The maximum Gasteiger partial charge on any atom is 0.255 e. The third-order valence-corrected chi connectivity index (χ3v) is 4.80. The zero-order valence-electron chi connectivity index (χ0n) is 14.0. The molecule has 4 rings (SSSR count). The molecule has 4 heteroatoms. The minimum Gasteiger partial charge on any atom is -0.448 e. The van der Waals surface area contributed by atoms with Gasteiger partial charge in [0.25, 0.3) is 11.7 Å². The number of nitrogens with one attached hydrogen (secondary N) is 1. The number of amides is 1. The molecule has 4 nitrogen and oxygen atoms in total. The van der Waals surface area contributed by atoms with E-state index < -0.39 is 5.79 Å². The standard InChI is InChI=1S/C20H21NO3/c1-13-5-6-14(2)16(11-13)19(22)21-15-7-8-17-18(12-15)24-20(23-17)9-3-4-10-20/h5-8,11-12H,3-4,9-10H2,1-2H3,(H,21,22). The Hall–Kier alpha value is -2.49. The zero-order chi connectivity index (χ0) is 16.7. The lowest BCUT2D eigenvalue weighted by molar-refractivity contribution is -0.0716. The molecule has 1 saturated carbocycles. The molecule has 0 aromatic heterocycles. The second kappa shape index (κ2) is 5.55. The smallest absolute Gasteiger partial charge is 0.255 e. The first-order valence-corrected chi connectivity index (χ1v) is 8.45. The first kappa shape index (κ1) is 15.1. The lowest BCUT2D eigenvalue weighted by atomic mass is 10.0. The van der Waals surface area contributed by atoms with E-state index in [1.807, 2.05) is 50.2 Å². The number of aryl methyl sites for hydroxylation is 2. The number of carbonyl (C=O) groups excluding carboxylic acids is 1. The van der Waals surface area contributed by atoms with Crippen LogP contribution in [0.15, 0.2) is 36.4 Å². The topological polar surface area (TPSA) is 47.6 Å². The second-order valence-corrected chi connectivity index (χ2v) is 6.76. The Kier molecular flexibility index (Phi) is 3.48. The van der Waals surface area contributed by atoms with Gasteiger partial charge in [-0.1, -0.05) is 17.7 Å². The summed E-state index contributed by atoms with van der Waals surface area (Å²) < 4.78 is 12.1. The Bertz CT molecular complexity index is 807. The predicted molar refractivity (Wildman–Crippen MR) is 92.8 cm³/mol. The van der Waals surface area contributed by atoms with Gasteiger partial charge in [-0.3, -0.25) is 4.79 Å². The highest BCUT2D eigenvalue weighted by Gasteiger charge is 2.44. The number of hydrogen-bond acceptors (Lipinski definition) is 3. The molecule has 0 atom stereocenters. The van der Waals surface area contributed by atoms with Crippen LogP contribution in [0.3, 0.4) is 0 Å². The van der Waals surface area contributed by atoms with Gasteiger partial charge >= 0.3 is 0 Å². The average Bonchev–Trinajstić information content (AvgIpc) is 3.15. The van der Waals surface area contributed by atoms with Crippen LogP contribution in [0.2, 0.25) is 0 Å². The van der Waals surface area contributed by atoms with E-state index in [0.717, 1.165) is 54.0 Å². The largest absolute Gasteiger partial charge is 0.448 e. The number of benzene rings is 2. The maximum absolute atomic E-state index is 12.6. The van der Waals surface area contributed by atoms with Gasteiger partial charge < -0.3 is 14.8 Å². The molecule has 1 heterocycles. The Morgan fingerprint density at radius 3 is 2.54 bits per heavy atom. The van der Waals surface area contributed by atoms with Gasteiger partial charge in [-0.15, -0.1) is 0 Å². The summed E-state index contributed by atoms with van der Waals surface area (Å²) in [5.41, 5.74) is 3.45. The van der Waals surface area contributed by atoms with Crippen molar-refractivity contribution in [3.63, 3.8) is 0 Å². The molecule has 1 spiro atoms. The number of rotatable bonds is 2. The first-order valence-electron chi connectivity index (χ1n) is 8.45. The molecular formula is C20H21NO3. The Morgan fingerprint density at radius 1 is 1.00 bits per heavy atom. The van der Waals surface area contributed by atoms with Crippen molar-refractivity contribution in [2.45, 2.75) is 45.3 Å².